The highest BCUT2D eigenvalue weighted by Gasteiger charge is 2.18. The molecule has 1 atom stereocenters. The molecule has 7 heteroatoms. The molecule has 0 unspecified atom stereocenters. The molecule has 2 aromatic carbocycles. The molecule has 0 aliphatic rings. The molecule has 0 saturated carbocycles. The number of nitrogens with two attached hydrogens (primary N) is 1. The van der Waals surface area contributed by atoms with Gasteiger partial charge in [-0.15, -0.1) is 0 Å². The largest absolute Gasteiger partial charge is 0.453 e. The molecular formula is C20H25N3O4. The molecule has 0 heterocycles. The Bertz CT molecular complexity index is 801. The number of esters is 1. The van der Waals surface area contributed by atoms with Gasteiger partial charge in [0.25, 0.3) is 5.91 Å². The van der Waals surface area contributed by atoms with Crippen molar-refractivity contribution in [1.82, 2.24) is 5.32 Å². The van der Waals surface area contributed by atoms with Gasteiger partial charge in [-0.1, -0.05) is 42.8 Å². The summed E-state index contributed by atoms with van der Waals surface area (Å²) in [4.78, 5) is 34.7. The van der Waals surface area contributed by atoms with Crippen LogP contribution in [0, 0.1) is 0 Å². The van der Waals surface area contributed by atoms with Crippen molar-refractivity contribution in [3.63, 3.8) is 0 Å². The molecule has 7 nitrogen and oxygen atoms in total. The number of benzene rings is 2. The molecule has 2 rings (SSSR count). The molecule has 0 radical (unpaired) electrons. The van der Waals surface area contributed by atoms with Crippen molar-refractivity contribution in [3.05, 3.63) is 42.5 Å². The lowest BCUT2D eigenvalue weighted by atomic mass is 10.1. The van der Waals surface area contributed by atoms with E-state index >= 15 is 0 Å². The van der Waals surface area contributed by atoms with Crippen LogP contribution in [0.15, 0.2) is 42.5 Å². The summed E-state index contributed by atoms with van der Waals surface area (Å²) in [5.41, 5.74) is 5.65. The van der Waals surface area contributed by atoms with Crippen LogP contribution in [0.5, 0.6) is 0 Å². The number of carbonyl (C=O) groups excluding carboxylic acids is 3. The van der Waals surface area contributed by atoms with Crippen molar-refractivity contribution in [2.45, 2.75) is 38.7 Å². The summed E-state index contributed by atoms with van der Waals surface area (Å²) in [6.07, 6.45) is 1.45. The van der Waals surface area contributed by atoms with Crippen molar-refractivity contribution >= 4 is 34.4 Å². The van der Waals surface area contributed by atoms with E-state index in [1.54, 1.807) is 6.92 Å². The Kier molecular flexibility index (Phi) is 7.61. The molecule has 0 spiro atoms. The van der Waals surface area contributed by atoms with E-state index in [0.717, 1.165) is 23.6 Å². The number of ether oxygens (including phenoxy) is 1. The lowest BCUT2D eigenvalue weighted by molar-refractivity contribution is -0.153. The second-order valence-electron chi connectivity index (χ2n) is 6.25. The lowest BCUT2D eigenvalue weighted by Gasteiger charge is -2.14. The van der Waals surface area contributed by atoms with Crippen LogP contribution in [0.4, 0.5) is 10.5 Å². The summed E-state index contributed by atoms with van der Waals surface area (Å²) >= 11 is 0. The van der Waals surface area contributed by atoms with Crippen LogP contribution in [0.2, 0.25) is 0 Å². The molecule has 2 aromatic rings. The summed E-state index contributed by atoms with van der Waals surface area (Å²) in [7, 11) is 0. The van der Waals surface area contributed by atoms with E-state index in [0.29, 0.717) is 18.7 Å². The van der Waals surface area contributed by atoms with Crippen LogP contribution < -0.4 is 16.4 Å². The molecule has 0 bridgehead atoms. The van der Waals surface area contributed by atoms with Gasteiger partial charge in [0.05, 0.1) is 0 Å². The Morgan fingerprint density at radius 1 is 1.04 bits per heavy atom. The molecule has 144 valence electrons. The normalized spacial score (nSPS) is 11.6. The van der Waals surface area contributed by atoms with Gasteiger partial charge in [-0.25, -0.2) is 4.79 Å². The number of hydrogen-bond donors (Lipinski definition) is 3. The number of carbonyl (C=O) groups is 3. The number of amides is 3. The standard InChI is InChI=1S/C20H25N3O4/c1-14(27-18(24)12-3-2-6-13-22-20(21)26)19(25)23-17-11-7-9-15-8-4-5-10-16(15)17/h4-5,7-11,14H,2-3,6,12-13H2,1H3,(H,23,25)(H3,21,22,26)/t14-/m1/s1. The highest BCUT2D eigenvalue weighted by atomic mass is 16.5. The van der Waals surface area contributed by atoms with Crippen molar-refractivity contribution in [2.24, 2.45) is 5.73 Å². The Morgan fingerprint density at radius 2 is 1.78 bits per heavy atom. The zero-order valence-corrected chi connectivity index (χ0v) is 15.4. The van der Waals surface area contributed by atoms with E-state index in [2.05, 4.69) is 10.6 Å². The Morgan fingerprint density at radius 3 is 2.56 bits per heavy atom. The van der Waals surface area contributed by atoms with Crippen molar-refractivity contribution in [2.75, 3.05) is 11.9 Å². The quantitative estimate of drug-likeness (QED) is 0.465. The topological polar surface area (TPSA) is 111 Å². The molecule has 0 aliphatic heterocycles. The van der Waals surface area contributed by atoms with Crippen LogP contribution in [0.3, 0.4) is 0 Å². The molecule has 0 aromatic heterocycles. The van der Waals surface area contributed by atoms with Crippen LogP contribution >= 0.6 is 0 Å². The first-order valence-corrected chi connectivity index (χ1v) is 8.99. The summed E-state index contributed by atoms with van der Waals surface area (Å²) < 4.78 is 5.20. The molecule has 0 saturated heterocycles. The number of nitrogens with one attached hydrogen (secondary N) is 2. The first kappa shape index (κ1) is 20.2. The van der Waals surface area contributed by atoms with Crippen molar-refractivity contribution < 1.29 is 19.1 Å². The van der Waals surface area contributed by atoms with E-state index in [-0.39, 0.29) is 12.3 Å². The number of unbranched alkanes of at least 4 members (excludes halogenated alkanes) is 2. The van der Waals surface area contributed by atoms with Gasteiger partial charge in [0.1, 0.15) is 0 Å². The maximum atomic E-state index is 12.3. The first-order chi connectivity index (χ1) is 13.0. The minimum atomic E-state index is -0.881. The minimum absolute atomic E-state index is 0.225. The molecule has 0 aliphatic carbocycles. The highest BCUT2D eigenvalue weighted by Crippen LogP contribution is 2.23. The monoisotopic (exact) mass is 371 g/mol. The van der Waals surface area contributed by atoms with Crippen LogP contribution in [0.1, 0.15) is 32.6 Å². The summed E-state index contributed by atoms with van der Waals surface area (Å²) in [5, 5.41) is 7.25. The predicted octanol–water partition coefficient (Wildman–Crippen LogP) is 2.94. The van der Waals surface area contributed by atoms with Gasteiger partial charge >= 0.3 is 12.0 Å². The zero-order valence-electron chi connectivity index (χ0n) is 15.4. The second kappa shape index (κ2) is 10.2. The fraction of sp³-hybridized carbons (Fsp3) is 0.350. The SMILES string of the molecule is C[C@@H](OC(=O)CCCCCNC(N)=O)C(=O)Nc1cccc2ccccc12. The Labute approximate surface area is 158 Å². The van der Waals surface area contributed by atoms with E-state index < -0.39 is 18.1 Å². The van der Waals surface area contributed by atoms with Gasteiger partial charge in [-0.3, -0.25) is 9.59 Å². The maximum Gasteiger partial charge on any atom is 0.312 e. The Balaban J connectivity index is 1.76. The number of hydrogen-bond acceptors (Lipinski definition) is 4. The number of rotatable bonds is 9. The van der Waals surface area contributed by atoms with E-state index in [9.17, 15) is 14.4 Å². The minimum Gasteiger partial charge on any atom is -0.453 e. The molecule has 27 heavy (non-hydrogen) atoms. The summed E-state index contributed by atoms with van der Waals surface area (Å²) in [5.74, 6) is -0.788. The number of anilines is 1. The number of primary amides is 1. The van der Waals surface area contributed by atoms with Crippen LogP contribution in [-0.4, -0.2) is 30.6 Å². The van der Waals surface area contributed by atoms with Gasteiger partial charge in [0, 0.05) is 24.0 Å². The second-order valence-corrected chi connectivity index (χ2v) is 6.25. The van der Waals surface area contributed by atoms with Gasteiger partial charge in [0.15, 0.2) is 6.10 Å². The average molecular weight is 371 g/mol. The summed E-state index contributed by atoms with van der Waals surface area (Å²) in [6, 6.07) is 12.8. The number of fused-ring (bicyclic) bond motifs is 1. The summed E-state index contributed by atoms with van der Waals surface area (Å²) in [6.45, 7) is 2.03. The van der Waals surface area contributed by atoms with Gasteiger partial charge in [-0.2, -0.15) is 0 Å². The van der Waals surface area contributed by atoms with E-state index in [1.807, 2.05) is 42.5 Å². The predicted molar refractivity (Wildman–Crippen MR) is 104 cm³/mol. The van der Waals surface area contributed by atoms with E-state index in [1.165, 1.54) is 0 Å². The zero-order chi connectivity index (χ0) is 19.6. The average Bonchev–Trinajstić information content (AvgIpc) is 2.64. The van der Waals surface area contributed by atoms with Crippen molar-refractivity contribution in [1.29, 1.82) is 0 Å². The van der Waals surface area contributed by atoms with Crippen LogP contribution in [-0.2, 0) is 14.3 Å². The third kappa shape index (κ3) is 6.62. The Hall–Kier alpha value is -3.09. The maximum absolute atomic E-state index is 12.3. The number of urea groups is 1. The first-order valence-electron chi connectivity index (χ1n) is 8.99. The van der Waals surface area contributed by atoms with Crippen molar-refractivity contribution in [3.8, 4) is 0 Å². The third-order valence-corrected chi connectivity index (χ3v) is 4.08. The molecule has 3 amide bonds. The van der Waals surface area contributed by atoms with Gasteiger partial charge in [0.2, 0.25) is 0 Å². The smallest absolute Gasteiger partial charge is 0.312 e. The molecule has 4 N–H and O–H groups in total. The highest BCUT2D eigenvalue weighted by molar-refractivity contribution is 6.03. The van der Waals surface area contributed by atoms with Gasteiger partial charge < -0.3 is 21.1 Å². The molecule has 0 fully saturated rings. The fourth-order valence-corrected chi connectivity index (χ4v) is 2.66. The lowest BCUT2D eigenvalue weighted by Crippen LogP contribution is -2.30. The fourth-order valence-electron chi connectivity index (χ4n) is 2.66. The van der Waals surface area contributed by atoms with Crippen LogP contribution in [0.25, 0.3) is 10.8 Å². The molecular weight excluding hydrogens is 346 g/mol. The van der Waals surface area contributed by atoms with E-state index in [4.69, 9.17) is 10.5 Å². The third-order valence-electron chi connectivity index (χ3n) is 4.08. The van der Waals surface area contributed by atoms with Gasteiger partial charge in [-0.05, 0) is 31.2 Å².